The first-order chi connectivity index (χ1) is 9.60. The van der Waals surface area contributed by atoms with Crippen LogP contribution in [0.4, 0.5) is 0 Å². The van der Waals surface area contributed by atoms with Crippen molar-refractivity contribution >= 4 is 28.8 Å². The molecule has 0 atom stereocenters. The number of halogens is 1. The molecule has 3 nitrogen and oxygen atoms in total. The number of nitrogens with one attached hydrogen (secondary N) is 1. The molecule has 5 heteroatoms. The van der Waals surface area contributed by atoms with E-state index < -0.39 is 0 Å². The molecule has 0 spiro atoms. The van der Waals surface area contributed by atoms with Gasteiger partial charge in [0.25, 0.3) is 0 Å². The second kappa shape index (κ2) is 6.86. The van der Waals surface area contributed by atoms with E-state index in [0.29, 0.717) is 13.0 Å². The number of benzene rings is 1. The van der Waals surface area contributed by atoms with Gasteiger partial charge in [-0.25, -0.2) is 4.98 Å². The number of aromatic nitrogens is 1. The quantitative estimate of drug-likeness (QED) is 0.912. The molecule has 0 bridgehead atoms. The third-order valence-electron chi connectivity index (χ3n) is 2.98. The summed E-state index contributed by atoms with van der Waals surface area (Å²) in [5, 5.41) is 4.61. The highest BCUT2D eigenvalue weighted by Gasteiger charge is 2.09. The van der Waals surface area contributed by atoms with Crippen molar-refractivity contribution in [3.8, 4) is 10.6 Å². The van der Waals surface area contributed by atoms with E-state index in [1.165, 1.54) is 4.88 Å². The fraction of sp³-hybridized carbons (Fsp3) is 0.333. The number of rotatable bonds is 5. The summed E-state index contributed by atoms with van der Waals surface area (Å²) in [6.07, 6.45) is 1.35. The van der Waals surface area contributed by atoms with Crippen molar-refractivity contribution in [1.82, 2.24) is 10.3 Å². The van der Waals surface area contributed by atoms with Crippen LogP contribution in [0.15, 0.2) is 24.3 Å². The summed E-state index contributed by atoms with van der Waals surface area (Å²) in [5.41, 5.74) is 2.11. The summed E-state index contributed by atoms with van der Waals surface area (Å²) >= 11 is 7.56. The molecule has 1 aromatic carbocycles. The normalized spacial score (nSPS) is 10.6. The Labute approximate surface area is 128 Å². The number of aryl methyl sites for hydroxylation is 1. The Bertz CT molecular complexity index is 592. The predicted molar refractivity (Wildman–Crippen MR) is 84.3 cm³/mol. The van der Waals surface area contributed by atoms with Crippen LogP contribution in [0.1, 0.15) is 23.9 Å². The molecular formula is C15H17ClN2OS. The van der Waals surface area contributed by atoms with Crippen molar-refractivity contribution in [1.29, 1.82) is 0 Å². The molecule has 0 aliphatic heterocycles. The molecule has 20 heavy (non-hydrogen) atoms. The average Bonchev–Trinajstić information content (AvgIpc) is 2.81. The Hall–Kier alpha value is -1.39. The summed E-state index contributed by atoms with van der Waals surface area (Å²) in [4.78, 5) is 17.0. The lowest BCUT2D eigenvalue weighted by molar-refractivity contribution is -0.120. The van der Waals surface area contributed by atoms with Crippen molar-refractivity contribution in [2.45, 2.75) is 26.7 Å². The Morgan fingerprint density at radius 2 is 2.05 bits per heavy atom. The summed E-state index contributed by atoms with van der Waals surface area (Å²) in [6.45, 7) is 4.52. The van der Waals surface area contributed by atoms with Crippen LogP contribution in [0.5, 0.6) is 0 Å². The first kappa shape index (κ1) is 15.0. The van der Waals surface area contributed by atoms with Crippen LogP contribution >= 0.6 is 22.9 Å². The van der Waals surface area contributed by atoms with E-state index in [1.807, 2.05) is 38.1 Å². The number of hydrogen-bond donors (Lipinski definition) is 1. The van der Waals surface area contributed by atoms with Gasteiger partial charge in [-0.3, -0.25) is 4.79 Å². The lowest BCUT2D eigenvalue weighted by Gasteiger charge is -2.01. The van der Waals surface area contributed by atoms with E-state index in [4.69, 9.17) is 11.6 Å². The van der Waals surface area contributed by atoms with Crippen LogP contribution in [-0.2, 0) is 11.2 Å². The Balaban J connectivity index is 2.05. The molecule has 0 saturated heterocycles. The van der Waals surface area contributed by atoms with Crippen LogP contribution in [0.3, 0.4) is 0 Å². The van der Waals surface area contributed by atoms with Crippen LogP contribution in [0.25, 0.3) is 10.6 Å². The molecule has 2 rings (SSSR count). The van der Waals surface area contributed by atoms with E-state index in [0.717, 1.165) is 27.7 Å². The smallest absolute Gasteiger partial charge is 0.219 e. The highest BCUT2D eigenvalue weighted by molar-refractivity contribution is 7.15. The highest BCUT2D eigenvalue weighted by Crippen LogP contribution is 2.28. The summed E-state index contributed by atoms with van der Waals surface area (Å²) in [6, 6.07) is 7.69. The SMILES string of the molecule is CCC(=O)NCCc1sc(-c2ccc(Cl)cc2)nc1C. The van der Waals surface area contributed by atoms with Crippen molar-refractivity contribution in [3.05, 3.63) is 39.9 Å². The van der Waals surface area contributed by atoms with Crippen LogP contribution in [0.2, 0.25) is 5.02 Å². The second-order valence-electron chi connectivity index (χ2n) is 4.49. The zero-order chi connectivity index (χ0) is 14.5. The number of amides is 1. The van der Waals surface area contributed by atoms with Gasteiger partial charge in [-0.2, -0.15) is 0 Å². The molecule has 2 aromatic rings. The van der Waals surface area contributed by atoms with Crippen molar-refractivity contribution in [2.75, 3.05) is 6.54 Å². The van der Waals surface area contributed by atoms with Gasteiger partial charge in [-0.05, 0) is 19.1 Å². The van der Waals surface area contributed by atoms with Gasteiger partial charge in [0.05, 0.1) is 5.69 Å². The highest BCUT2D eigenvalue weighted by atomic mass is 35.5. The monoisotopic (exact) mass is 308 g/mol. The maximum Gasteiger partial charge on any atom is 0.219 e. The second-order valence-corrected chi connectivity index (χ2v) is 6.01. The standard InChI is InChI=1S/C15H17ClN2OS/c1-3-14(19)17-9-8-13-10(2)18-15(20-13)11-4-6-12(16)7-5-11/h4-7H,3,8-9H2,1-2H3,(H,17,19). The molecule has 1 amide bonds. The molecule has 0 fully saturated rings. The minimum atomic E-state index is 0.0880. The molecule has 0 radical (unpaired) electrons. The minimum absolute atomic E-state index is 0.0880. The Morgan fingerprint density at radius 1 is 1.35 bits per heavy atom. The van der Waals surface area contributed by atoms with Crippen LogP contribution in [-0.4, -0.2) is 17.4 Å². The van der Waals surface area contributed by atoms with Gasteiger partial charge in [0.15, 0.2) is 0 Å². The molecule has 1 aromatic heterocycles. The number of carbonyl (C=O) groups excluding carboxylic acids is 1. The van der Waals surface area contributed by atoms with E-state index >= 15 is 0 Å². The first-order valence-electron chi connectivity index (χ1n) is 6.59. The maximum atomic E-state index is 11.2. The largest absolute Gasteiger partial charge is 0.356 e. The van der Waals surface area contributed by atoms with E-state index in [2.05, 4.69) is 10.3 Å². The van der Waals surface area contributed by atoms with Gasteiger partial charge in [0, 0.05) is 34.8 Å². The van der Waals surface area contributed by atoms with E-state index in [9.17, 15) is 4.79 Å². The van der Waals surface area contributed by atoms with Gasteiger partial charge in [0.1, 0.15) is 5.01 Å². The van der Waals surface area contributed by atoms with Gasteiger partial charge in [-0.15, -0.1) is 11.3 Å². The summed E-state index contributed by atoms with van der Waals surface area (Å²) < 4.78 is 0. The fourth-order valence-electron chi connectivity index (χ4n) is 1.82. The lowest BCUT2D eigenvalue weighted by Crippen LogP contribution is -2.24. The van der Waals surface area contributed by atoms with Crippen molar-refractivity contribution in [3.63, 3.8) is 0 Å². The Kier molecular flexibility index (Phi) is 5.15. The fourth-order valence-corrected chi connectivity index (χ4v) is 3.01. The number of hydrogen-bond acceptors (Lipinski definition) is 3. The molecular weight excluding hydrogens is 292 g/mol. The van der Waals surface area contributed by atoms with Gasteiger partial charge < -0.3 is 5.32 Å². The van der Waals surface area contributed by atoms with Crippen LogP contribution < -0.4 is 5.32 Å². The predicted octanol–water partition coefficient (Wildman–Crippen LogP) is 3.84. The average molecular weight is 309 g/mol. The molecule has 1 heterocycles. The van der Waals surface area contributed by atoms with Gasteiger partial charge in [0.2, 0.25) is 5.91 Å². The minimum Gasteiger partial charge on any atom is -0.356 e. The molecule has 0 aliphatic rings. The Morgan fingerprint density at radius 3 is 2.70 bits per heavy atom. The van der Waals surface area contributed by atoms with Gasteiger partial charge >= 0.3 is 0 Å². The number of thiazole rings is 1. The molecule has 0 unspecified atom stereocenters. The van der Waals surface area contributed by atoms with Gasteiger partial charge in [-0.1, -0.05) is 30.7 Å². The number of nitrogens with zero attached hydrogens (tertiary/aromatic N) is 1. The van der Waals surface area contributed by atoms with E-state index in [1.54, 1.807) is 11.3 Å². The van der Waals surface area contributed by atoms with E-state index in [-0.39, 0.29) is 5.91 Å². The molecule has 1 N–H and O–H groups in total. The lowest BCUT2D eigenvalue weighted by atomic mass is 10.2. The maximum absolute atomic E-state index is 11.2. The first-order valence-corrected chi connectivity index (χ1v) is 7.78. The van der Waals surface area contributed by atoms with Crippen molar-refractivity contribution in [2.24, 2.45) is 0 Å². The molecule has 0 aliphatic carbocycles. The third-order valence-corrected chi connectivity index (χ3v) is 4.50. The zero-order valence-electron chi connectivity index (χ0n) is 11.6. The third kappa shape index (κ3) is 3.81. The molecule has 106 valence electrons. The summed E-state index contributed by atoms with van der Waals surface area (Å²) in [5.74, 6) is 0.0880. The van der Waals surface area contributed by atoms with Crippen LogP contribution in [0, 0.1) is 6.92 Å². The molecule has 0 saturated carbocycles. The topological polar surface area (TPSA) is 42.0 Å². The summed E-state index contributed by atoms with van der Waals surface area (Å²) in [7, 11) is 0. The zero-order valence-corrected chi connectivity index (χ0v) is 13.1. The number of carbonyl (C=O) groups is 1. The van der Waals surface area contributed by atoms with Crippen molar-refractivity contribution < 1.29 is 4.79 Å².